The molecule has 0 aromatic heterocycles. The Morgan fingerprint density at radius 1 is 1.30 bits per heavy atom. The number of ether oxygens (including phenoxy) is 3. The van der Waals surface area contributed by atoms with E-state index < -0.39 is 24.4 Å². The van der Waals surface area contributed by atoms with Crippen LogP contribution in [0.25, 0.3) is 0 Å². The fourth-order valence-corrected chi connectivity index (χ4v) is 2.92. The Hall–Kier alpha value is -1.18. The molecule has 2 heterocycles. The molecular weight excluding hydrogens is 300 g/mol. The molecule has 1 aromatic rings. The van der Waals surface area contributed by atoms with Crippen LogP contribution in [0, 0.1) is 5.41 Å². The molecule has 128 valence electrons. The highest BCUT2D eigenvalue weighted by atomic mass is 16.5. The number of aliphatic hydroxyl groups is 3. The smallest absolute Gasteiger partial charge is 0.119 e. The van der Waals surface area contributed by atoms with E-state index in [1.165, 1.54) is 0 Å². The van der Waals surface area contributed by atoms with Crippen molar-refractivity contribution in [3.63, 3.8) is 0 Å². The van der Waals surface area contributed by atoms with Gasteiger partial charge < -0.3 is 29.5 Å². The Labute approximate surface area is 135 Å². The van der Waals surface area contributed by atoms with Crippen molar-refractivity contribution >= 4 is 0 Å². The largest absolute Gasteiger partial charge is 0.493 e. The maximum atomic E-state index is 10.2. The third-order valence-corrected chi connectivity index (χ3v) is 4.43. The Morgan fingerprint density at radius 3 is 2.74 bits per heavy atom. The third-order valence-electron chi connectivity index (χ3n) is 4.43. The molecule has 0 saturated carbocycles. The first-order chi connectivity index (χ1) is 11.0. The van der Waals surface area contributed by atoms with E-state index in [1.54, 1.807) is 0 Å². The number of rotatable bonds is 5. The van der Waals surface area contributed by atoms with Gasteiger partial charge in [0.1, 0.15) is 18.0 Å². The van der Waals surface area contributed by atoms with Crippen LogP contribution in [-0.2, 0) is 9.47 Å². The summed E-state index contributed by atoms with van der Waals surface area (Å²) >= 11 is 0. The second-order valence-electron chi connectivity index (χ2n) is 6.82. The van der Waals surface area contributed by atoms with E-state index in [0.29, 0.717) is 25.6 Å². The molecule has 0 bridgehead atoms. The summed E-state index contributed by atoms with van der Waals surface area (Å²) < 4.78 is 16.7. The zero-order valence-corrected chi connectivity index (χ0v) is 13.2. The highest BCUT2D eigenvalue weighted by Gasteiger charge is 2.38. The van der Waals surface area contributed by atoms with Gasteiger partial charge in [-0.05, 0) is 17.7 Å². The molecule has 0 spiro atoms. The molecule has 2 aliphatic rings. The fourth-order valence-electron chi connectivity index (χ4n) is 2.92. The summed E-state index contributed by atoms with van der Waals surface area (Å²) in [7, 11) is 0. The van der Waals surface area contributed by atoms with Crippen LogP contribution in [0.4, 0.5) is 0 Å². The van der Waals surface area contributed by atoms with Crippen LogP contribution in [0.3, 0.4) is 0 Å². The zero-order chi connectivity index (χ0) is 16.4. The first-order valence-corrected chi connectivity index (χ1v) is 7.94. The normalized spacial score (nSPS) is 33.0. The summed E-state index contributed by atoms with van der Waals surface area (Å²) in [5.41, 5.74) is 0.775. The van der Waals surface area contributed by atoms with Crippen LogP contribution < -0.4 is 4.74 Å². The molecule has 1 aromatic carbocycles. The second-order valence-corrected chi connectivity index (χ2v) is 6.82. The number of benzene rings is 1. The lowest BCUT2D eigenvalue weighted by Gasteiger charge is -2.38. The summed E-state index contributed by atoms with van der Waals surface area (Å²) in [6, 6.07) is 7.31. The summed E-state index contributed by atoms with van der Waals surface area (Å²) in [6.07, 6.45) is -2.87. The van der Waals surface area contributed by atoms with Gasteiger partial charge in [-0.2, -0.15) is 0 Å². The van der Waals surface area contributed by atoms with Gasteiger partial charge in [0.2, 0.25) is 0 Å². The lowest BCUT2D eigenvalue weighted by atomic mass is 9.90. The van der Waals surface area contributed by atoms with Crippen molar-refractivity contribution in [2.75, 3.05) is 26.4 Å². The van der Waals surface area contributed by atoms with Gasteiger partial charge in [0.05, 0.1) is 38.6 Å². The number of hydrogen-bond donors (Lipinski definition) is 3. The molecule has 4 atom stereocenters. The molecule has 6 heteroatoms. The van der Waals surface area contributed by atoms with Crippen LogP contribution in [0.15, 0.2) is 24.3 Å². The number of hydrogen-bond acceptors (Lipinski definition) is 6. The quantitative estimate of drug-likeness (QED) is 0.737. The van der Waals surface area contributed by atoms with E-state index in [2.05, 4.69) is 6.92 Å². The predicted octanol–water partition coefficient (Wildman–Crippen LogP) is 0.646. The maximum absolute atomic E-state index is 10.2. The molecule has 2 fully saturated rings. The van der Waals surface area contributed by atoms with Crippen molar-refractivity contribution in [1.82, 2.24) is 0 Å². The fraction of sp³-hybridized carbons (Fsp3) is 0.647. The van der Waals surface area contributed by atoms with Crippen molar-refractivity contribution < 1.29 is 29.5 Å². The molecule has 2 aliphatic heterocycles. The van der Waals surface area contributed by atoms with Crippen LogP contribution in [0.2, 0.25) is 0 Å². The van der Waals surface area contributed by atoms with E-state index in [9.17, 15) is 15.3 Å². The Morgan fingerprint density at radius 2 is 2.09 bits per heavy atom. The summed E-state index contributed by atoms with van der Waals surface area (Å²) in [6.45, 7) is 3.88. The lowest BCUT2D eigenvalue weighted by molar-refractivity contribution is -0.179. The van der Waals surface area contributed by atoms with E-state index in [0.717, 1.165) is 5.56 Å². The van der Waals surface area contributed by atoms with E-state index in [1.807, 2.05) is 24.3 Å². The Bertz CT molecular complexity index is 530. The lowest BCUT2D eigenvalue weighted by Crippen LogP contribution is -2.45. The minimum Gasteiger partial charge on any atom is -0.493 e. The topological polar surface area (TPSA) is 88.4 Å². The third kappa shape index (κ3) is 3.67. The van der Waals surface area contributed by atoms with E-state index >= 15 is 0 Å². The molecule has 3 rings (SSSR count). The molecule has 3 unspecified atom stereocenters. The second kappa shape index (κ2) is 6.75. The Kier molecular flexibility index (Phi) is 4.89. The molecular formula is C17H24O6. The molecule has 23 heavy (non-hydrogen) atoms. The van der Waals surface area contributed by atoms with Crippen molar-refractivity contribution in [2.45, 2.75) is 37.8 Å². The van der Waals surface area contributed by atoms with Gasteiger partial charge >= 0.3 is 0 Å². The van der Waals surface area contributed by atoms with Gasteiger partial charge in [-0.3, -0.25) is 0 Å². The Balaban J connectivity index is 1.70. The van der Waals surface area contributed by atoms with Gasteiger partial charge in [-0.1, -0.05) is 19.1 Å². The van der Waals surface area contributed by atoms with E-state index in [-0.39, 0.29) is 18.4 Å². The summed E-state index contributed by atoms with van der Waals surface area (Å²) in [4.78, 5) is 0. The summed E-state index contributed by atoms with van der Waals surface area (Å²) in [5, 5.41) is 29.4. The molecule has 0 radical (unpaired) electrons. The molecule has 6 nitrogen and oxygen atoms in total. The summed E-state index contributed by atoms with van der Waals surface area (Å²) in [5.74, 6) is 0.687. The van der Waals surface area contributed by atoms with Crippen LogP contribution in [0.1, 0.15) is 25.0 Å². The van der Waals surface area contributed by atoms with Gasteiger partial charge in [0, 0.05) is 11.8 Å². The molecule has 2 saturated heterocycles. The van der Waals surface area contributed by atoms with Gasteiger partial charge in [-0.15, -0.1) is 0 Å². The number of aliphatic hydroxyl groups excluding tert-OH is 3. The minimum atomic E-state index is -1.02. The average Bonchev–Trinajstić information content (AvgIpc) is 2.53. The van der Waals surface area contributed by atoms with Crippen LogP contribution >= 0.6 is 0 Å². The molecule has 0 aliphatic carbocycles. The van der Waals surface area contributed by atoms with Crippen molar-refractivity contribution in [2.24, 2.45) is 5.41 Å². The van der Waals surface area contributed by atoms with Crippen LogP contribution in [-0.4, -0.2) is 60.1 Å². The highest BCUT2D eigenvalue weighted by Crippen LogP contribution is 2.34. The zero-order valence-electron chi connectivity index (χ0n) is 13.2. The van der Waals surface area contributed by atoms with Crippen molar-refractivity contribution in [3.8, 4) is 5.75 Å². The molecule has 3 N–H and O–H groups in total. The first-order valence-electron chi connectivity index (χ1n) is 7.94. The predicted molar refractivity (Wildman–Crippen MR) is 82.2 cm³/mol. The monoisotopic (exact) mass is 324 g/mol. The van der Waals surface area contributed by atoms with Crippen molar-refractivity contribution in [3.05, 3.63) is 29.8 Å². The molecule has 0 amide bonds. The maximum Gasteiger partial charge on any atom is 0.119 e. The SMILES string of the molecule is CC1(COc2cccc([C@H]3OC(CO)CC(O)C3O)c2)COC1. The average molecular weight is 324 g/mol. The van der Waals surface area contributed by atoms with Gasteiger partial charge in [0.15, 0.2) is 0 Å². The first kappa shape index (κ1) is 16.7. The van der Waals surface area contributed by atoms with Crippen LogP contribution in [0.5, 0.6) is 5.75 Å². The van der Waals surface area contributed by atoms with Gasteiger partial charge in [-0.25, -0.2) is 0 Å². The van der Waals surface area contributed by atoms with E-state index in [4.69, 9.17) is 14.2 Å². The standard InChI is InChI=1S/C17H24O6/c1-17(8-21-9-17)10-22-12-4-2-3-11(5-12)16-15(20)14(19)6-13(7-18)23-16/h2-5,13-16,18-20H,6-10H2,1H3/t13?,14?,15?,16-/m1/s1. The van der Waals surface area contributed by atoms with Gasteiger partial charge in [0.25, 0.3) is 0 Å². The van der Waals surface area contributed by atoms with Crippen molar-refractivity contribution in [1.29, 1.82) is 0 Å². The highest BCUT2D eigenvalue weighted by molar-refractivity contribution is 5.31. The minimum absolute atomic E-state index is 0.0506.